The Balaban J connectivity index is 1.31. The number of carbonyl (C=O) groups excluding carboxylic acids is 1. The van der Waals surface area contributed by atoms with Gasteiger partial charge in [0, 0.05) is 23.7 Å². The molecule has 2 aromatic heterocycles. The van der Waals surface area contributed by atoms with E-state index in [1.807, 2.05) is 6.07 Å². The van der Waals surface area contributed by atoms with E-state index >= 15 is 4.39 Å². The fourth-order valence-corrected chi connectivity index (χ4v) is 5.15. The second kappa shape index (κ2) is 10.5. The Kier molecular flexibility index (Phi) is 6.78. The maximum Gasteiger partial charge on any atom is 0.264 e. The van der Waals surface area contributed by atoms with Crippen LogP contribution in [0.3, 0.4) is 0 Å². The molecule has 6 rings (SSSR count). The average molecular weight is 575 g/mol. The summed E-state index contributed by atoms with van der Waals surface area (Å²) < 4.78 is 50.0. The molecule has 0 unspecified atom stereocenters. The number of nitrogens with two attached hydrogens (primary N) is 2. The third kappa shape index (κ3) is 5.01. The first-order valence-electron chi connectivity index (χ1n) is 13.3. The molecular weight excluding hydrogens is 549 g/mol. The van der Waals surface area contributed by atoms with Crippen LogP contribution in [0.1, 0.15) is 25.7 Å². The topological polar surface area (TPSA) is 149 Å². The van der Waals surface area contributed by atoms with Crippen molar-refractivity contribution in [3.63, 3.8) is 0 Å². The molecule has 1 saturated heterocycles. The van der Waals surface area contributed by atoms with Crippen LogP contribution in [0.15, 0.2) is 54.4 Å². The summed E-state index contributed by atoms with van der Waals surface area (Å²) in [6.45, 7) is 0.679. The quantitative estimate of drug-likeness (QED) is 0.246. The summed E-state index contributed by atoms with van der Waals surface area (Å²) in [6, 6.07) is 8.94. The maximum atomic E-state index is 15.4. The van der Waals surface area contributed by atoms with Gasteiger partial charge in [0.2, 0.25) is 5.82 Å². The number of likely N-dealkylation sites (tertiary alicyclic amines) is 1. The molecule has 1 aliphatic carbocycles. The maximum absolute atomic E-state index is 15.4. The Labute approximate surface area is 238 Å². The van der Waals surface area contributed by atoms with Gasteiger partial charge in [-0.25, -0.2) is 23.4 Å². The summed E-state index contributed by atoms with van der Waals surface area (Å²) in [6.07, 6.45) is 5.66. The number of rotatable bonds is 7. The van der Waals surface area contributed by atoms with Gasteiger partial charge < -0.3 is 21.1 Å². The van der Waals surface area contributed by atoms with E-state index in [4.69, 9.17) is 16.2 Å². The lowest BCUT2D eigenvalue weighted by molar-refractivity contribution is -0.127. The van der Waals surface area contributed by atoms with Crippen LogP contribution >= 0.6 is 0 Å². The molecule has 1 atom stereocenters. The van der Waals surface area contributed by atoms with Gasteiger partial charge in [0.1, 0.15) is 41.0 Å². The minimum atomic E-state index is -1.19. The lowest BCUT2D eigenvalue weighted by Crippen LogP contribution is -2.39. The van der Waals surface area contributed by atoms with Crippen LogP contribution < -0.4 is 16.2 Å². The number of hydrogen-bond donors (Lipinski definition) is 2. The van der Waals surface area contributed by atoms with Crippen LogP contribution in [-0.2, 0) is 11.3 Å². The predicted molar refractivity (Wildman–Crippen MR) is 146 cm³/mol. The highest BCUT2D eigenvalue weighted by Crippen LogP contribution is 2.37. The van der Waals surface area contributed by atoms with E-state index in [1.54, 1.807) is 15.7 Å². The number of nitrogen functional groups attached to an aromatic ring is 1. The molecule has 2 aromatic carbocycles. The summed E-state index contributed by atoms with van der Waals surface area (Å²) >= 11 is 0. The Morgan fingerprint density at radius 2 is 2.00 bits per heavy atom. The van der Waals surface area contributed by atoms with Crippen molar-refractivity contribution >= 4 is 22.8 Å². The van der Waals surface area contributed by atoms with Gasteiger partial charge in [-0.05, 0) is 56.0 Å². The lowest BCUT2D eigenvalue weighted by atomic mass is 10.1. The van der Waals surface area contributed by atoms with E-state index in [-0.39, 0.29) is 46.9 Å². The molecule has 0 radical (unpaired) electrons. The minimum Gasteiger partial charge on any atom is -0.454 e. The van der Waals surface area contributed by atoms with Crippen molar-refractivity contribution in [3.8, 4) is 28.8 Å². The number of ether oxygens (including phenoxy) is 1. The highest BCUT2D eigenvalue weighted by molar-refractivity contribution is 5.99. The standard InChI is InChI=1S/C29H25F3N8O2/c30-20-4-1-5-22(24(20)32)42-18-6-7-19(21(31)11-18)25-23-26(34)36-15-37-27(23)40(38-25)14-17-3-2-10-39(17)28(41)16(13-33)12-29(35)8-9-29/h1,4-7,11-12,15,17H,2-3,8-10,14,35H2,(H2,34,36,37)/b16-12+/t17-/m0/s1. The monoisotopic (exact) mass is 574 g/mol. The fraction of sp³-hybridized carbons (Fsp3) is 0.276. The summed E-state index contributed by atoms with van der Waals surface area (Å²) in [5.74, 6) is -3.79. The van der Waals surface area contributed by atoms with E-state index < -0.39 is 28.7 Å². The van der Waals surface area contributed by atoms with E-state index in [0.29, 0.717) is 24.0 Å². The van der Waals surface area contributed by atoms with Crippen molar-refractivity contribution in [1.29, 1.82) is 5.26 Å². The summed E-state index contributed by atoms with van der Waals surface area (Å²) in [5.41, 5.74) is 12.3. The summed E-state index contributed by atoms with van der Waals surface area (Å²) in [7, 11) is 0. The second-order valence-corrected chi connectivity index (χ2v) is 10.5. The Morgan fingerprint density at radius 1 is 1.19 bits per heavy atom. The Hall–Kier alpha value is -4.96. The van der Waals surface area contributed by atoms with E-state index in [1.165, 1.54) is 30.6 Å². The van der Waals surface area contributed by atoms with Crippen molar-refractivity contribution in [2.24, 2.45) is 5.73 Å². The Morgan fingerprint density at radius 3 is 2.74 bits per heavy atom. The zero-order valence-electron chi connectivity index (χ0n) is 22.2. The number of nitrogens with zero attached hydrogens (tertiary/aromatic N) is 6. The van der Waals surface area contributed by atoms with Crippen molar-refractivity contribution in [3.05, 3.63) is 71.8 Å². The smallest absolute Gasteiger partial charge is 0.264 e. The number of amides is 1. The third-order valence-corrected chi connectivity index (χ3v) is 7.53. The van der Waals surface area contributed by atoms with Crippen LogP contribution in [0, 0.1) is 28.8 Å². The SMILES string of the molecule is N#C/C(=C\C1(N)CC1)C(=O)N1CCC[C@H]1Cn1nc(-c2ccc(Oc3cccc(F)c3F)cc2F)c2c(N)ncnc21. The molecule has 0 spiro atoms. The van der Waals surface area contributed by atoms with Crippen LogP contribution in [-0.4, -0.2) is 48.7 Å². The molecule has 10 nitrogen and oxygen atoms in total. The largest absolute Gasteiger partial charge is 0.454 e. The van der Waals surface area contributed by atoms with E-state index in [0.717, 1.165) is 31.4 Å². The first-order valence-corrected chi connectivity index (χ1v) is 13.3. The molecule has 42 heavy (non-hydrogen) atoms. The first-order chi connectivity index (χ1) is 20.2. The highest BCUT2D eigenvalue weighted by Gasteiger charge is 2.39. The van der Waals surface area contributed by atoms with Gasteiger partial charge in [-0.2, -0.15) is 14.8 Å². The summed E-state index contributed by atoms with van der Waals surface area (Å²) in [4.78, 5) is 23.3. The number of benzene rings is 2. The molecule has 1 amide bonds. The van der Waals surface area contributed by atoms with Crippen molar-refractivity contribution in [2.75, 3.05) is 12.3 Å². The van der Waals surface area contributed by atoms with Gasteiger partial charge in [-0.1, -0.05) is 6.07 Å². The second-order valence-electron chi connectivity index (χ2n) is 10.5. The average Bonchev–Trinajstić information content (AvgIpc) is 3.34. The molecule has 3 heterocycles. The molecular formula is C29H25F3N8O2. The molecule has 1 saturated carbocycles. The van der Waals surface area contributed by atoms with Gasteiger partial charge in [0.25, 0.3) is 5.91 Å². The molecule has 2 aliphatic rings. The molecule has 214 valence electrons. The van der Waals surface area contributed by atoms with Gasteiger partial charge in [0.05, 0.1) is 18.0 Å². The van der Waals surface area contributed by atoms with Crippen LogP contribution in [0.2, 0.25) is 0 Å². The van der Waals surface area contributed by atoms with Crippen molar-refractivity contribution in [1.82, 2.24) is 24.6 Å². The predicted octanol–water partition coefficient (Wildman–Crippen LogP) is 4.22. The number of anilines is 1. The normalized spacial score (nSPS) is 17.8. The fourth-order valence-electron chi connectivity index (χ4n) is 5.15. The summed E-state index contributed by atoms with van der Waals surface area (Å²) in [5, 5.41) is 14.6. The van der Waals surface area contributed by atoms with Crippen LogP contribution in [0.4, 0.5) is 19.0 Å². The molecule has 0 bridgehead atoms. The minimum absolute atomic E-state index is 0.0157. The zero-order chi connectivity index (χ0) is 29.6. The van der Waals surface area contributed by atoms with Gasteiger partial charge >= 0.3 is 0 Å². The van der Waals surface area contributed by atoms with Crippen molar-refractivity contribution < 1.29 is 22.7 Å². The highest BCUT2D eigenvalue weighted by atomic mass is 19.2. The van der Waals surface area contributed by atoms with Gasteiger partial charge in [-0.3, -0.25) is 4.79 Å². The molecule has 13 heteroatoms. The van der Waals surface area contributed by atoms with Crippen LogP contribution in [0.25, 0.3) is 22.3 Å². The number of hydrogen-bond acceptors (Lipinski definition) is 8. The molecule has 2 fully saturated rings. The number of nitriles is 1. The first kappa shape index (κ1) is 27.2. The molecule has 4 N–H and O–H groups in total. The number of halogens is 3. The number of fused-ring (bicyclic) bond motifs is 1. The Bertz CT molecular complexity index is 1790. The molecule has 4 aromatic rings. The van der Waals surface area contributed by atoms with E-state index in [2.05, 4.69) is 15.1 Å². The zero-order valence-corrected chi connectivity index (χ0v) is 22.2. The number of carbonyl (C=O) groups is 1. The van der Waals surface area contributed by atoms with Crippen molar-refractivity contribution in [2.45, 2.75) is 43.8 Å². The lowest BCUT2D eigenvalue weighted by Gasteiger charge is -2.24. The molecule has 1 aliphatic heterocycles. The van der Waals surface area contributed by atoms with Crippen LogP contribution in [0.5, 0.6) is 11.5 Å². The number of aromatic nitrogens is 4. The van der Waals surface area contributed by atoms with E-state index in [9.17, 15) is 18.8 Å². The van der Waals surface area contributed by atoms with Gasteiger partial charge in [-0.15, -0.1) is 0 Å². The third-order valence-electron chi connectivity index (χ3n) is 7.53. The van der Waals surface area contributed by atoms with Gasteiger partial charge in [0.15, 0.2) is 17.2 Å².